The van der Waals surface area contributed by atoms with Crippen LogP contribution in [0.25, 0.3) is 0 Å². The number of benzene rings is 6. The molecule has 0 saturated carbocycles. The van der Waals surface area contributed by atoms with E-state index < -0.39 is 117 Å². The van der Waals surface area contributed by atoms with Gasteiger partial charge < -0.3 is 86.6 Å². The number of fused-ring (bicyclic) bond motifs is 18. The fraction of sp³-hybridized carbons (Fsp3) is 0.505. The van der Waals surface area contributed by atoms with Gasteiger partial charge in [-0.2, -0.15) is 10.5 Å². The molecule has 0 radical (unpaired) electrons. The van der Waals surface area contributed by atoms with Gasteiger partial charge in [-0.05, 0) is 156 Å². The molecule has 2 unspecified atom stereocenters. The van der Waals surface area contributed by atoms with Crippen LogP contribution in [0.1, 0.15) is 198 Å². The summed E-state index contributed by atoms with van der Waals surface area (Å²) in [6, 6.07) is 8.40. The average Bonchev–Trinajstić information content (AvgIpc) is 0.931. The summed E-state index contributed by atoms with van der Waals surface area (Å²) in [5.41, 5.74) is 6.45. The number of aryl methyl sites for hydroxylation is 2. The van der Waals surface area contributed by atoms with E-state index in [-0.39, 0.29) is 110 Å². The number of aromatic hydroxyl groups is 2. The smallest absolute Gasteiger partial charge is 0.411 e. The van der Waals surface area contributed by atoms with Crippen LogP contribution in [0.2, 0.25) is 0 Å². The lowest BCUT2D eigenvalue weighted by Crippen LogP contribution is -2.71. The molecule has 2 spiro atoms. The average molecular weight is 1750 g/mol. The number of nitrogens with one attached hydrogen (secondary N) is 3. The van der Waals surface area contributed by atoms with Crippen molar-refractivity contribution in [3.8, 4) is 92.6 Å². The molecule has 0 aliphatic carbocycles. The molecule has 1 amide bonds. The largest absolute Gasteiger partial charge is 0.504 e. The van der Waals surface area contributed by atoms with Crippen molar-refractivity contribution < 1.29 is 115 Å². The zero-order valence-electron chi connectivity index (χ0n) is 72.1. The molecule has 6 aromatic carbocycles. The number of phenols is 2. The van der Waals surface area contributed by atoms with E-state index in [1.54, 1.807) is 56.9 Å². The van der Waals surface area contributed by atoms with Crippen molar-refractivity contribution in [3.05, 3.63) is 125 Å². The van der Waals surface area contributed by atoms with E-state index in [4.69, 9.17) is 71.1 Å². The number of rotatable bonds is 12. The van der Waals surface area contributed by atoms with E-state index >= 15 is 4.79 Å². The molecular formula is C91H100N8O24S2. The van der Waals surface area contributed by atoms with Gasteiger partial charge in [0.25, 0.3) is 0 Å². The van der Waals surface area contributed by atoms with Gasteiger partial charge in [-0.3, -0.25) is 44.5 Å². The fourth-order valence-corrected chi connectivity index (χ4v) is 24.6. The van der Waals surface area contributed by atoms with Crippen LogP contribution in [0.15, 0.2) is 36.4 Å². The number of ether oxygens (including phenoxy) is 15. The minimum Gasteiger partial charge on any atom is -0.504 e. The van der Waals surface area contributed by atoms with Crippen molar-refractivity contribution in [3.63, 3.8) is 0 Å². The maximum Gasteiger partial charge on any atom is 0.411 e. The number of amides is 1. The molecule has 14 aliphatic rings. The first-order valence-electron chi connectivity index (χ1n) is 42.0. The van der Waals surface area contributed by atoms with Gasteiger partial charge in [0.05, 0.1) is 87.3 Å². The number of carbonyl (C=O) groups is 7. The van der Waals surface area contributed by atoms with E-state index in [1.165, 1.54) is 65.8 Å². The standard InChI is InChI=1S/C48H54N4O13S.C43H46N4O11S/c1-10-11-33(54)64-32-16-25-12-13-50-48(27(25)17-31(32)58-8)20-66-44-36-35(43-42(61-21-62-43)23(3)41(36)63-24(4)53)30(19-60-45(48)56)51-29(18-49)28-15-26-14-22(2)40(59-9)39(55)34(26)37(38(44)51)52(28)46(57)65-47(5,6)7;1-7-8-30(49)58-29-13-22-9-10-45-43(24(22)14-28(29)52-5)17-59-41-33-32(40-39(55-18-56-40)20(3)38(33)57-21(4)48)27(16-54-42(43)51)47-26(15-44)25-12-23-11-19(2)37(53-6)36(50)31(23)34(46-25)35(41)47/h14,16-17,28-30,37-38,44,50,55H,10-13,15,19-21H2,1-9H3;11,13-14,25-27,34-35,41,45-46,50H,7-10,12,16-18H2,1-6H3/t28-,29-,30-,37+,38?,44+,48+;25-,26-,27-,34+,35?,41+,43+/m00/s1. The van der Waals surface area contributed by atoms with Crippen molar-refractivity contribution in [1.29, 1.82) is 10.5 Å². The second-order valence-electron chi connectivity index (χ2n) is 34.4. The van der Waals surface area contributed by atoms with E-state index in [2.05, 4.69) is 33.0 Å². The van der Waals surface area contributed by atoms with Crippen LogP contribution in [0.3, 0.4) is 0 Å². The van der Waals surface area contributed by atoms with Crippen LogP contribution in [0, 0.1) is 50.4 Å². The molecule has 32 nitrogen and oxygen atoms in total. The number of piperazine rings is 2. The van der Waals surface area contributed by atoms with Crippen LogP contribution in [-0.4, -0.2) is 189 Å². The summed E-state index contributed by atoms with van der Waals surface area (Å²) in [4.78, 5) is 102. The highest BCUT2D eigenvalue weighted by atomic mass is 32.2. The summed E-state index contributed by atoms with van der Waals surface area (Å²) in [6.45, 7) is 19.1. The maximum atomic E-state index is 15.2. The third kappa shape index (κ3) is 13.9. The van der Waals surface area contributed by atoms with E-state index in [9.17, 15) is 49.5 Å². The van der Waals surface area contributed by atoms with Crippen molar-refractivity contribution >= 4 is 65.4 Å². The highest BCUT2D eigenvalue weighted by molar-refractivity contribution is 7.99. The highest BCUT2D eigenvalue weighted by Crippen LogP contribution is 2.68. The van der Waals surface area contributed by atoms with Crippen LogP contribution in [0.4, 0.5) is 4.79 Å². The molecule has 6 aromatic rings. The molecule has 660 valence electrons. The number of nitrogens with zero attached hydrogens (tertiary/aromatic N) is 5. The number of esters is 6. The Bertz CT molecular complexity index is 5630. The SMILES string of the molecule is CCCC(=O)Oc1cc2c(cc1OC)[C@@]1(CS[C@@H]3c4c(OC(C)=O)c(C)c5c(c4[C@H](COC1=O)N1C3[C@@H]3N[C@@H](Cc4cc(C)c(OC)c(O)c43)[C@@H]1C#N)OCO5)NCC2.CCCC(=O)Oc1cc2c(cc1OC)[C@@]1(CS[C@@H]3c4c(OC(C)=O)c(C)c5c(c4[C@H](COC1=O)N1C3[C@H]3c4c(cc(C)c(OC)c4O)C[C@@H]([C@@H]1C#N)N3C(=O)OC(C)(C)C)OCO5)NCC2. The Morgan fingerprint density at radius 3 is 1.46 bits per heavy atom. The number of phenolic OH excluding ortho intramolecular Hbond substituents is 2. The highest BCUT2D eigenvalue weighted by Gasteiger charge is 2.66. The topological polar surface area (TPSA) is 392 Å². The van der Waals surface area contributed by atoms with E-state index in [0.717, 1.165) is 27.8 Å². The molecule has 14 heterocycles. The maximum absolute atomic E-state index is 15.2. The Morgan fingerprint density at radius 1 is 0.552 bits per heavy atom. The zero-order valence-corrected chi connectivity index (χ0v) is 73.8. The Hall–Kier alpha value is -11.1. The molecule has 125 heavy (non-hydrogen) atoms. The lowest BCUT2D eigenvalue weighted by molar-refractivity contribution is -0.157. The number of thioether (sulfide) groups is 2. The normalized spacial score (nSPS) is 26.6. The minimum absolute atomic E-state index is 0.00106. The second-order valence-corrected chi connectivity index (χ2v) is 36.6. The lowest BCUT2D eigenvalue weighted by atomic mass is 9.71. The second kappa shape index (κ2) is 33.0. The minimum atomic E-state index is -1.52. The predicted octanol–water partition coefficient (Wildman–Crippen LogP) is 10.9. The fourth-order valence-electron chi connectivity index (χ4n) is 21.2. The number of hydrogen-bond acceptors (Lipinski definition) is 33. The number of hydrogen-bond donors (Lipinski definition) is 5. The van der Waals surface area contributed by atoms with Crippen molar-refractivity contribution in [2.24, 2.45) is 0 Å². The molecule has 34 heteroatoms. The Labute approximate surface area is 730 Å². The van der Waals surface area contributed by atoms with Gasteiger partial charge in [-0.25, -0.2) is 14.4 Å². The number of methoxy groups -OCH3 is 4. The summed E-state index contributed by atoms with van der Waals surface area (Å²) in [5.74, 6) is 0.678. The van der Waals surface area contributed by atoms with E-state index in [1.807, 2.05) is 51.7 Å². The van der Waals surface area contributed by atoms with Gasteiger partial charge in [0.15, 0.2) is 80.1 Å². The third-order valence-electron chi connectivity index (χ3n) is 26.0. The zero-order chi connectivity index (χ0) is 88.6. The molecule has 5 N–H and O–H groups in total. The Morgan fingerprint density at radius 2 is 1.01 bits per heavy atom. The first kappa shape index (κ1) is 86.0. The quantitative estimate of drug-likeness (QED) is 0.0431. The predicted molar refractivity (Wildman–Crippen MR) is 449 cm³/mol. The van der Waals surface area contributed by atoms with Gasteiger partial charge in [-0.15, -0.1) is 23.5 Å². The Balaban J connectivity index is 0.000000178. The van der Waals surface area contributed by atoms with Crippen molar-refractivity contribution in [2.45, 2.75) is 215 Å². The summed E-state index contributed by atoms with van der Waals surface area (Å²) in [6.07, 6.45) is 2.63. The van der Waals surface area contributed by atoms with Crippen LogP contribution in [-0.2, 0) is 79.7 Å². The van der Waals surface area contributed by atoms with Crippen molar-refractivity contribution in [1.82, 2.24) is 30.7 Å². The summed E-state index contributed by atoms with van der Waals surface area (Å²) >= 11 is 2.81. The van der Waals surface area contributed by atoms with Crippen LogP contribution < -0.4 is 72.8 Å². The third-order valence-corrected chi connectivity index (χ3v) is 28.9. The summed E-state index contributed by atoms with van der Waals surface area (Å²) < 4.78 is 90.6. The van der Waals surface area contributed by atoms with Crippen LogP contribution >= 0.6 is 23.5 Å². The monoisotopic (exact) mass is 1750 g/mol. The molecule has 4 saturated heterocycles. The van der Waals surface area contributed by atoms with Gasteiger partial charge >= 0.3 is 41.9 Å². The number of nitriles is 2. The summed E-state index contributed by atoms with van der Waals surface area (Å²) in [5, 5.41) is 56.3. The first-order chi connectivity index (χ1) is 59.9. The van der Waals surface area contributed by atoms with Gasteiger partial charge in [0.2, 0.25) is 13.6 Å². The van der Waals surface area contributed by atoms with Gasteiger partial charge in [0.1, 0.15) is 42.4 Å². The molecule has 14 atom stereocenters. The summed E-state index contributed by atoms with van der Waals surface area (Å²) in [7, 11) is 5.94. The molecule has 8 bridgehead atoms. The number of carbonyl (C=O) groups excluding carboxylic acids is 7. The molecular weight excluding hydrogens is 1650 g/mol. The van der Waals surface area contributed by atoms with Gasteiger partial charge in [-0.1, -0.05) is 26.0 Å². The molecule has 20 rings (SSSR count). The molecule has 4 fully saturated rings. The molecule has 14 aliphatic heterocycles. The lowest BCUT2D eigenvalue weighted by Gasteiger charge is -2.62. The molecule has 0 aromatic heterocycles. The van der Waals surface area contributed by atoms with Crippen LogP contribution in [0.5, 0.6) is 80.5 Å². The van der Waals surface area contributed by atoms with Gasteiger partial charge in [0, 0.05) is 108 Å². The van der Waals surface area contributed by atoms with E-state index in [0.29, 0.717) is 147 Å². The Kier molecular flexibility index (Phi) is 22.7. The first-order valence-corrected chi connectivity index (χ1v) is 44.1. The van der Waals surface area contributed by atoms with Crippen molar-refractivity contribution in [2.75, 3.05) is 79.8 Å².